The molecule has 4 N–H and O–H groups in total. The third-order valence-corrected chi connectivity index (χ3v) is 7.24. The van der Waals surface area contributed by atoms with Gasteiger partial charge in [-0.25, -0.2) is 18.6 Å². The number of urea groups is 1. The van der Waals surface area contributed by atoms with Gasteiger partial charge in [-0.1, -0.05) is 44.2 Å². The third kappa shape index (κ3) is 5.84. The standard InChI is InChI=1S/C30H30F2N6O4/c1-15-10-22(34-29(41)36-27-18-11-20(31)21(32)12-19(18)30(3,4)13-23(27)39)26(17-8-6-5-7-9-17)35-25(15)28(40)33-14-24-38-37-16(2)42-24/h5-12,23,27,39H,13-14H2,1-4H3,(H,33,40)(H2,34,36,41)/t23-,27+/m1/s1. The summed E-state index contributed by atoms with van der Waals surface area (Å²) < 4.78 is 33.7. The second-order valence-electron chi connectivity index (χ2n) is 10.9. The van der Waals surface area contributed by atoms with Gasteiger partial charge in [0, 0.05) is 12.5 Å². The number of hydrogen-bond donors (Lipinski definition) is 4. The molecule has 2 heterocycles. The molecule has 0 spiro atoms. The zero-order valence-corrected chi connectivity index (χ0v) is 23.5. The Morgan fingerprint density at radius 1 is 1.07 bits per heavy atom. The van der Waals surface area contributed by atoms with E-state index in [0.717, 1.165) is 12.1 Å². The predicted octanol–water partition coefficient (Wildman–Crippen LogP) is 4.86. The molecule has 1 aliphatic carbocycles. The highest BCUT2D eigenvalue weighted by molar-refractivity contribution is 5.98. The largest absolute Gasteiger partial charge is 0.424 e. The molecule has 2 aromatic carbocycles. The number of nitrogens with one attached hydrogen (secondary N) is 3. The number of pyridine rings is 1. The third-order valence-electron chi connectivity index (χ3n) is 7.24. The summed E-state index contributed by atoms with van der Waals surface area (Å²) in [4.78, 5) is 30.9. The minimum Gasteiger partial charge on any atom is -0.424 e. The molecule has 3 amide bonds. The average Bonchev–Trinajstić information content (AvgIpc) is 3.36. The quantitative estimate of drug-likeness (QED) is 0.257. The summed E-state index contributed by atoms with van der Waals surface area (Å²) in [6, 6.07) is 11.0. The molecule has 4 aromatic rings. The van der Waals surface area contributed by atoms with Gasteiger partial charge in [-0.15, -0.1) is 10.2 Å². The van der Waals surface area contributed by atoms with Crippen LogP contribution in [-0.2, 0) is 12.0 Å². The van der Waals surface area contributed by atoms with Crippen LogP contribution in [0.3, 0.4) is 0 Å². The van der Waals surface area contributed by atoms with Crippen molar-refractivity contribution in [1.82, 2.24) is 25.8 Å². The highest BCUT2D eigenvalue weighted by Gasteiger charge is 2.40. The molecular weight excluding hydrogens is 546 g/mol. The van der Waals surface area contributed by atoms with Crippen LogP contribution in [0.25, 0.3) is 11.3 Å². The number of anilines is 1. The normalized spacial score (nSPS) is 17.3. The number of fused-ring (bicyclic) bond motifs is 1. The van der Waals surface area contributed by atoms with Crippen molar-refractivity contribution in [3.05, 3.63) is 94.3 Å². The Balaban J connectivity index is 1.42. The second kappa shape index (κ2) is 11.3. The minimum atomic E-state index is -1.07. The number of benzene rings is 2. The molecule has 10 nitrogen and oxygen atoms in total. The summed E-state index contributed by atoms with van der Waals surface area (Å²) in [7, 11) is 0. The van der Waals surface area contributed by atoms with Gasteiger partial charge in [-0.05, 0) is 53.6 Å². The molecule has 218 valence electrons. The van der Waals surface area contributed by atoms with Gasteiger partial charge in [0.15, 0.2) is 11.6 Å². The van der Waals surface area contributed by atoms with Gasteiger partial charge >= 0.3 is 6.03 Å². The molecule has 42 heavy (non-hydrogen) atoms. The van der Waals surface area contributed by atoms with Crippen molar-refractivity contribution in [2.75, 3.05) is 5.32 Å². The first kappa shape index (κ1) is 28.8. The van der Waals surface area contributed by atoms with Crippen LogP contribution in [0.5, 0.6) is 0 Å². The summed E-state index contributed by atoms with van der Waals surface area (Å²) in [5.74, 6) is -1.92. The van der Waals surface area contributed by atoms with Crippen molar-refractivity contribution in [3.63, 3.8) is 0 Å². The number of hydrogen-bond acceptors (Lipinski definition) is 7. The van der Waals surface area contributed by atoms with E-state index in [0.29, 0.717) is 39.5 Å². The molecule has 0 fully saturated rings. The molecule has 1 aliphatic rings. The molecule has 0 saturated carbocycles. The molecule has 0 aliphatic heterocycles. The van der Waals surface area contributed by atoms with Crippen LogP contribution < -0.4 is 16.0 Å². The fourth-order valence-electron chi connectivity index (χ4n) is 5.24. The van der Waals surface area contributed by atoms with Crippen LogP contribution in [0.4, 0.5) is 19.3 Å². The number of carbonyl (C=O) groups is 2. The van der Waals surface area contributed by atoms with Gasteiger partial charge in [0.25, 0.3) is 5.91 Å². The van der Waals surface area contributed by atoms with Crippen molar-refractivity contribution in [3.8, 4) is 11.3 Å². The van der Waals surface area contributed by atoms with E-state index < -0.39 is 41.1 Å². The Labute approximate surface area is 240 Å². The number of aliphatic hydroxyl groups excluding tert-OH is 1. The molecule has 0 saturated heterocycles. The van der Waals surface area contributed by atoms with E-state index in [4.69, 9.17) is 4.42 Å². The number of aliphatic hydroxyl groups is 1. The van der Waals surface area contributed by atoms with E-state index in [2.05, 4.69) is 31.1 Å². The zero-order chi connectivity index (χ0) is 30.2. The highest BCUT2D eigenvalue weighted by Crippen LogP contribution is 2.42. The first-order valence-electron chi connectivity index (χ1n) is 13.3. The van der Waals surface area contributed by atoms with Crippen LogP contribution >= 0.6 is 0 Å². The number of aryl methyl sites for hydroxylation is 2. The van der Waals surface area contributed by atoms with Gasteiger partial charge in [-0.2, -0.15) is 0 Å². The number of aromatic nitrogens is 3. The van der Waals surface area contributed by atoms with Crippen molar-refractivity contribution in [1.29, 1.82) is 0 Å². The molecule has 2 aromatic heterocycles. The molecule has 0 unspecified atom stereocenters. The Bertz CT molecular complexity index is 1660. The van der Waals surface area contributed by atoms with Gasteiger partial charge in [-0.3, -0.25) is 4.79 Å². The number of amides is 3. The average molecular weight is 577 g/mol. The lowest BCUT2D eigenvalue weighted by Crippen LogP contribution is -2.45. The van der Waals surface area contributed by atoms with Gasteiger partial charge in [0.2, 0.25) is 11.8 Å². The fourth-order valence-corrected chi connectivity index (χ4v) is 5.24. The smallest absolute Gasteiger partial charge is 0.319 e. The summed E-state index contributed by atoms with van der Waals surface area (Å²) in [5, 5.41) is 26.7. The Kier molecular flexibility index (Phi) is 7.74. The summed E-state index contributed by atoms with van der Waals surface area (Å²) in [6.45, 7) is 6.98. The van der Waals surface area contributed by atoms with E-state index in [1.165, 1.54) is 0 Å². The lowest BCUT2D eigenvalue weighted by Gasteiger charge is -2.40. The van der Waals surface area contributed by atoms with Crippen molar-refractivity contribution in [2.24, 2.45) is 0 Å². The van der Waals surface area contributed by atoms with Crippen LogP contribution in [0, 0.1) is 25.5 Å². The molecule has 0 radical (unpaired) electrons. The molecule has 12 heteroatoms. The second-order valence-corrected chi connectivity index (χ2v) is 10.9. The van der Waals surface area contributed by atoms with Crippen molar-refractivity contribution in [2.45, 2.75) is 58.2 Å². The Hall–Kier alpha value is -4.71. The van der Waals surface area contributed by atoms with Gasteiger partial charge in [0.1, 0.15) is 5.69 Å². The number of halogens is 2. The maximum atomic E-state index is 14.2. The monoisotopic (exact) mass is 576 g/mol. The fraction of sp³-hybridized carbons (Fsp3) is 0.300. The SMILES string of the molecule is Cc1nnc(CNC(=O)c2nc(-c3ccccc3)c(NC(=O)N[C@H]3c4cc(F)c(F)cc4C(C)(C)C[C@H]3O)cc2C)o1. The first-order valence-corrected chi connectivity index (χ1v) is 13.3. The molecule has 2 atom stereocenters. The zero-order valence-electron chi connectivity index (χ0n) is 23.5. The van der Waals surface area contributed by atoms with E-state index in [-0.39, 0.29) is 24.6 Å². The van der Waals surface area contributed by atoms with Gasteiger partial charge in [0.05, 0.1) is 30.1 Å². The highest BCUT2D eigenvalue weighted by atomic mass is 19.2. The maximum absolute atomic E-state index is 14.2. The van der Waals surface area contributed by atoms with Crippen LogP contribution in [0.2, 0.25) is 0 Å². The maximum Gasteiger partial charge on any atom is 0.319 e. The van der Waals surface area contributed by atoms with E-state index in [1.807, 2.05) is 19.9 Å². The topological polar surface area (TPSA) is 142 Å². The van der Waals surface area contributed by atoms with E-state index >= 15 is 0 Å². The summed E-state index contributed by atoms with van der Waals surface area (Å²) >= 11 is 0. The van der Waals surface area contributed by atoms with Crippen molar-refractivity contribution >= 4 is 17.6 Å². The lowest BCUT2D eigenvalue weighted by molar-refractivity contribution is 0.0878. The van der Waals surface area contributed by atoms with E-state index in [1.54, 1.807) is 44.2 Å². The van der Waals surface area contributed by atoms with Gasteiger partial charge < -0.3 is 25.5 Å². The Morgan fingerprint density at radius 3 is 2.48 bits per heavy atom. The molecular formula is C30H30F2N6O4. The number of nitrogens with zero attached hydrogens (tertiary/aromatic N) is 3. The van der Waals surface area contributed by atoms with Crippen LogP contribution in [0.15, 0.2) is 52.9 Å². The molecule has 5 rings (SSSR count). The van der Waals surface area contributed by atoms with Crippen LogP contribution in [-0.4, -0.2) is 38.3 Å². The molecule has 0 bridgehead atoms. The first-order chi connectivity index (χ1) is 19.9. The van der Waals surface area contributed by atoms with E-state index in [9.17, 15) is 23.5 Å². The Morgan fingerprint density at radius 2 is 1.79 bits per heavy atom. The number of carbonyl (C=O) groups excluding carboxylic acids is 2. The minimum absolute atomic E-state index is 0.0103. The predicted molar refractivity (Wildman–Crippen MR) is 150 cm³/mol. The summed E-state index contributed by atoms with van der Waals surface area (Å²) in [6.07, 6.45) is -0.830. The van der Waals surface area contributed by atoms with Crippen LogP contribution in [0.1, 0.15) is 65.3 Å². The lowest BCUT2D eigenvalue weighted by atomic mass is 9.69. The summed E-state index contributed by atoms with van der Waals surface area (Å²) in [5.41, 5.74) is 2.04. The van der Waals surface area contributed by atoms with Crippen molar-refractivity contribution < 1.29 is 27.9 Å². The number of rotatable bonds is 6.